The highest BCUT2D eigenvalue weighted by Crippen LogP contribution is 2.29. The quantitative estimate of drug-likeness (QED) is 0.740. The van der Waals surface area contributed by atoms with Crippen molar-refractivity contribution in [2.75, 3.05) is 5.73 Å². The smallest absolute Gasteiger partial charge is 0.143 e. The lowest BCUT2D eigenvalue weighted by molar-refractivity contribution is 1.11. The van der Waals surface area contributed by atoms with Gasteiger partial charge in [0, 0.05) is 6.20 Å². The van der Waals surface area contributed by atoms with Crippen LogP contribution in [0.15, 0.2) is 6.20 Å². The molecule has 0 bridgehead atoms. The molecule has 1 aromatic heterocycles. The number of aromatic nitrogens is 1. The fourth-order valence-corrected chi connectivity index (χ4v) is 1.21. The van der Waals surface area contributed by atoms with E-state index in [0.29, 0.717) is 10.0 Å². The van der Waals surface area contributed by atoms with Gasteiger partial charge < -0.3 is 5.73 Å². The van der Waals surface area contributed by atoms with E-state index in [2.05, 4.69) is 4.98 Å². The predicted octanol–water partition coefficient (Wildman–Crippen LogP) is 2.53. The van der Waals surface area contributed by atoms with Gasteiger partial charge in [-0.25, -0.2) is 4.98 Å². The molecule has 0 atom stereocenters. The van der Waals surface area contributed by atoms with Crippen molar-refractivity contribution in [1.29, 1.82) is 0 Å². The molecular weight excluding hydrogens is 183 g/mol. The van der Waals surface area contributed by atoms with Gasteiger partial charge in [-0.15, -0.1) is 0 Å². The molecule has 0 unspecified atom stereocenters. The van der Waals surface area contributed by atoms with E-state index >= 15 is 0 Å². The summed E-state index contributed by atoms with van der Waals surface area (Å²) in [4.78, 5) is 3.87. The molecule has 1 heterocycles. The molecule has 11 heavy (non-hydrogen) atoms. The first-order valence-corrected chi connectivity index (χ1v) is 4.00. The Morgan fingerprint density at radius 2 is 2.09 bits per heavy atom. The summed E-state index contributed by atoms with van der Waals surface area (Å²) in [7, 11) is 0. The van der Waals surface area contributed by atoms with Gasteiger partial charge in [-0.05, 0) is 12.0 Å². The third-order valence-corrected chi connectivity index (χ3v) is 2.35. The Morgan fingerprint density at radius 3 is 2.64 bits per heavy atom. The number of aryl methyl sites for hydroxylation is 1. The molecule has 0 radical (unpaired) electrons. The zero-order chi connectivity index (χ0) is 8.43. The van der Waals surface area contributed by atoms with Crippen molar-refractivity contribution in [1.82, 2.24) is 4.98 Å². The minimum absolute atomic E-state index is 0.286. The molecule has 0 spiro atoms. The van der Waals surface area contributed by atoms with Crippen molar-refractivity contribution in [3.05, 3.63) is 21.8 Å². The van der Waals surface area contributed by atoms with E-state index < -0.39 is 0 Å². The maximum Gasteiger partial charge on any atom is 0.143 e. The van der Waals surface area contributed by atoms with Gasteiger partial charge in [0.25, 0.3) is 0 Å². The maximum absolute atomic E-state index is 5.85. The third-order valence-electron chi connectivity index (χ3n) is 1.44. The van der Waals surface area contributed by atoms with E-state index in [4.69, 9.17) is 28.9 Å². The Hall–Kier alpha value is -0.470. The van der Waals surface area contributed by atoms with Crippen LogP contribution in [0.1, 0.15) is 12.5 Å². The van der Waals surface area contributed by atoms with Crippen molar-refractivity contribution in [3.63, 3.8) is 0 Å². The second-order valence-electron chi connectivity index (χ2n) is 2.15. The van der Waals surface area contributed by atoms with Gasteiger partial charge in [-0.2, -0.15) is 0 Å². The second-order valence-corrected chi connectivity index (χ2v) is 2.91. The highest BCUT2D eigenvalue weighted by Gasteiger charge is 2.06. The van der Waals surface area contributed by atoms with Crippen molar-refractivity contribution < 1.29 is 0 Å². The number of nitrogens with two attached hydrogens (primary N) is 1. The van der Waals surface area contributed by atoms with E-state index in [-0.39, 0.29) is 5.82 Å². The van der Waals surface area contributed by atoms with Crippen LogP contribution in [0.3, 0.4) is 0 Å². The predicted molar refractivity (Wildman–Crippen MR) is 48.0 cm³/mol. The number of nitrogens with zero attached hydrogens (tertiary/aromatic N) is 1. The first-order valence-electron chi connectivity index (χ1n) is 3.25. The summed E-state index contributed by atoms with van der Waals surface area (Å²) < 4.78 is 0. The first kappa shape index (κ1) is 8.62. The summed E-state index contributed by atoms with van der Waals surface area (Å²) in [6, 6.07) is 0. The number of anilines is 1. The molecule has 0 aromatic carbocycles. The Morgan fingerprint density at radius 1 is 1.45 bits per heavy atom. The van der Waals surface area contributed by atoms with E-state index in [0.717, 1.165) is 12.0 Å². The summed E-state index contributed by atoms with van der Waals surface area (Å²) in [6.45, 7) is 1.98. The standard InChI is InChI=1S/C7H8Cl2N2/c1-2-4-3-11-7(10)6(9)5(4)8/h3H,2H2,1H3,(H2,10,11). The van der Waals surface area contributed by atoms with Crippen LogP contribution >= 0.6 is 23.2 Å². The molecule has 0 amide bonds. The third kappa shape index (κ3) is 1.57. The Labute approximate surface area is 75.3 Å². The van der Waals surface area contributed by atoms with Gasteiger partial charge in [0.1, 0.15) is 10.8 Å². The molecule has 0 fully saturated rings. The van der Waals surface area contributed by atoms with Crippen LogP contribution in [0.4, 0.5) is 5.82 Å². The molecule has 2 N–H and O–H groups in total. The van der Waals surface area contributed by atoms with E-state index in [1.54, 1.807) is 6.20 Å². The largest absolute Gasteiger partial charge is 0.382 e. The van der Waals surface area contributed by atoms with Crippen LogP contribution in [-0.2, 0) is 6.42 Å². The van der Waals surface area contributed by atoms with Gasteiger partial charge in [0.05, 0.1) is 5.02 Å². The summed E-state index contributed by atoms with van der Waals surface area (Å²) in [5.41, 5.74) is 6.34. The van der Waals surface area contributed by atoms with E-state index in [9.17, 15) is 0 Å². The van der Waals surface area contributed by atoms with Gasteiger partial charge >= 0.3 is 0 Å². The molecule has 2 nitrogen and oxygen atoms in total. The number of hydrogen-bond donors (Lipinski definition) is 1. The highest BCUT2D eigenvalue weighted by molar-refractivity contribution is 6.43. The molecule has 0 saturated carbocycles. The fraction of sp³-hybridized carbons (Fsp3) is 0.286. The topological polar surface area (TPSA) is 38.9 Å². The monoisotopic (exact) mass is 190 g/mol. The molecule has 0 aliphatic heterocycles. The lowest BCUT2D eigenvalue weighted by Gasteiger charge is -2.03. The van der Waals surface area contributed by atoms with Crippen LogP contribution in [0.2, 0.25) is 10.0 Å². The van der Waals surface area contributed by atoms with Crippen LogP contribution in [0.25, 0.3) is 0 Å². The van der Waals surface area contributed by atoms with Crippen LogP contribution in [0.5, 0.6) is 0 Å². The maximum atomic E-state index is 5.85. The second kappa shape index (κ2) is 3.28. The molecule has 1 aromatic rings. The van der Waals surface area contributed by atoms with Crippen molar-refractivity contribution >= 4 is 29.0 Å². The van der Waals surface area contributed by atoms with Crippen LogP contribution in [-0.4, -0.2) is 4.98 Å². The zero-order valence-electron chi connectivity index (χ0n) is 6.06. The van der Waals surface area contributed by atoms with E-state index in [1.165, 1.54) is 0 Å². The number of rotatable bonds is 1. The van der Waals surface area contributed by atoms with Crippen molar-refractivity contribution in [2.24, 2.45) is 0 Å². The van der Waals surface area contributed by atoms with E-state index in [1.807, 2.05) is 6.92 Å². The minimum atomic E-state index is 0.286. The van der Waals surface area contributed by atoms with Gasteiger partial charge in [0.15, 0.2) is 0 Å². The summed E-state index contributed by atoms with van der Waals surface area (Å²) in [5.74, 6) is 0.286. The number of pyridine rings is 1. The fourth-order valence-electron chi connectivity index (χ4n) is 0.761. The molecule has 4 heteroatoms. The first-order chi connectivity index (χ1) is 5.16. The Kier molecular flexibility index (Phi) is 2.58. The number of hydrogen-bond acceptors (Lipinski definition) is 2. The highest BCUT2D eigenvalue weighted by atomic mass is 35.5. The minimum Gasteiger partial charge on any atom is -0.382 e. The lowest BCUT2D eigenvalue weighted by Crippen LogP contribution is -1.94. The normalized spacial score (nSPS) is 10.1. The van der Waals surface area contributed by atoms with Gasteiger partial charge in [0.2, 0.25) is 0 Å². The molecular formula is C7H8Cl2N2. The van der Waals surface area contributed by atoms with Gasteiger partial charge in [-0.3, -0.25) is 0 Å². The molecule has 1 rings (SSSR count). The van der Waals surface area contributed by atoms with Crippen LogP contribution in [0, 0.1) is 0 Å². The SMILES string of the molecule is CCc1cnc(N)c(Cl)c1Cl. The zero-order valence-corrected chi connectivity index (χ0v) is 7.58. The average Bonchev–Trinajstić information content (AvgIpc) is 2.01. The summed E-state index contributed by atoms with van der Waals surface area (Å²) >= 11 is 11.6. The molecule has 0 aliphatic rings. The Bertz CT molecular complexity index is 273. The number of nitrogen functional groups attached to an aromatic ring is 1. The Balaban J connectivity index is 3.25. The molecule has 0 saturated heterocycles. The number of halogens is 2. The van der Waals surface area contributed by atoms with Crippen molar-refractivity contribution in [2.45, 2.75) is 13.3 Å². The van der Waals surface area contributed by atoms with Crippen LogP contribution < -0.4 is 5.73 Å². The lowest BCUT2D eigenvalue weighted by atomic mass is 10.2. The summed E-state index contributed by atoms with van der Waals surface area (Å²) in [5, 5.41) is 0.868. The molecule has 0 aliphatic carbocycles. The van der Waals surface area contributed by atoms with Crippen molar-refractivity contribution in [3.8, 4) is 0 Å². The summed E-state index contributed by atoms with van der Waals surface area (Å²) in [6.07, 6.45) is 2.45. The van der Waals surface area contributed by atoms with Gasteiger partial charge in [-0.1, -0.05) is 30.1 Å². The average molecular weight is 191 g/mol. The molecule has 60 valence electrons.